The molecule has 0 unspecified atom stereocenters. The smallest absolute Gasteiger partial charge is 0.277 e. The molecule has 4 nitrogen and oxygen atoms in total. The Morgan fingerprint density at radius 1 is 1.37 bits per heavy atom. The summed E-state index contributed by atoms with van der Waals surface area (Å²) in [6.45, 7) is 1.88. The number of carbonyl (C=O) groups is 1. The second-order valence-electron chi connectivity index (χ2n) is 3.91. The first-order valence-electron chi connectivity index (χ1n) is 5.42. The molecule has 0 radical (unpaired) electrons. The molecular formula is C12H8FN3OS2. The lowest BCUT2D eigenvalue weighted by Gasteiger charge is -1.96. The van der Waals surface area contributed by atoms with Crippen LogP contribution in [0.2, 0.25) is 0 Å². The van der Waals surface area contributed by atoms with Crippen LogP contribution in [0.4, 0.5) is 9.52 Å². The summed E-state index contributed by atoms with van der Waals surface area (Å²) in [6, 6.07) is 6.05. The van der Waals surface area contributed by atoms with E-state index in [1.165, 1.54) is 35.0 Å². The highest BCUT2D eigenvalue weighted by molar-refractivity contribution is 7.22. The highest BCUT2D eigenvalue weighted by Gasteiger charge is 2.12. The minimum atomic E-state index is -0.316. The van der Waals surface area contributed by atoms with Crippen molar-refractivity contribution in [1.29, 1.82) is 0 Å². The van der Waals surface area contributed by atoms with Crippen LogP contribution in [-0.2, 0) is 0 Å². The van der Waals surface area contributed by atoms with Gasteiger partial charge < -0.3 is 0 Å². The normalized spacial score (nSPS) is 10.8. The van der Waals surface area contributed by atoms with E-state index < -0.39 is 0 Å². The van der Waals surface area contributed by atoms with Gasteiger partial charge in [0.1, 0.15) is 11.5 Å². The zero-order valence-electron chi connectivity index (χ0n) is 9.81. The van der Waals surface area contributed by atoms with Crippen molar-refractivity contribution in [2.75, 3.05) is 5.32 Å². The van der Waals surface area contributed by atoms with Crippen molar-refractivity contribution in [2.24, 2.45) is 0 Å². The van der Waals surface area contributed by atoms with Crippen molar-refractivity contribution in [3.63, 3.8) is 0 Å². The number of hydrogen-bond donors (Lipinski definition) is 1. The second kappa shape index (κ2) is 4.67. The van der Waals surface area contributed by atoms with Crippen molar-refractivity contribution in [3.8, 4) is 0 Å². The predicted molar refractivity (Wildman–Crippen MR) is 74.4 cm³/mol. The first kappa shape index (κ1) is 12.2. The van der Waals surface area contributed by atoms with E-state index >= 15 is 0 Å². The summed E-state index contributed by atoms with van der Waals surface area (Å²) in [5, 5.41) is 3.11. The fraction of sp³-hybridized carbons (Fsp3) is 0.0833. The maximum atomic E-state index is 13.1. The summed E-state index contributed by atoms with van der Waals surface area (Å²) < 4.78 is 17.8. The lowest BCUT2D eigenvalue weighted by Crippen LogP contribution is -2.11. The van der Waals surface area contributed by atoms with Gasteiger partial charge in [0.2, 0.25) is 0 Å². The van der Waals surface area contributed by atoms with Gasteiger partial charge in [0.25, 0.3) is 5.91 Å². The van der Waals surface area contributed by atoms with E-state index in [1.807, 2.05) is 6.92 Å². The van der Waals surface area contributed by atoms with E-state index in [0.717, 1.165) is 4.88 Å². The monoisotopic (exact) mass is 293 g/mol. The second-order valence-corrected chi connectivity index (χ2v) is 5.95. The van der Waals surface area contributed by atoms with Crippen LogP contribution in [0.5, 0.6) is 0 Å². The number of anilines is 1. The third kappa shape index (κ3) is 2.47. The van der Waals surface area contributed by atoms with Crippen molar-refractivity contribution in [2.45, 2.75) is 6.92 Å². The molecule has 0 spiro atoms. The molecule has 0 aliphatic carbocycles. The molecule has 0 atom stereocenters. The van der Waals surface area contributed by atoms with Gasteiger partial charge in [-0.3, -0.25) is 10.1 Å². The van der Waals surface area contributed by atoms with Crippen LogP contribution < -0.4 is 5.32 Å². The van der Waals surface area contributed by atoms with Gasteiger partial charge in [-0.05, 0) is 42.7 Å². The quantitative estimate of drug-likeness (QED) is 0.787. The molecule has 0 bridgehead atoms. The number of aryl methyl sites for hydroxylation is 1. The Hall–Kier alpha value is -1.86. The van der Waals surface area contributed by atoms with Gasteiger partial charge in [-0.1, -0.05) is 11.3 Å². The van der Waals surface area contributed by atoms with Crippen LogP contribution in [0.1, 0.15) is 15.4 Å². The van der Waals surface area contributed by atoms with E-state index in [-0.39, 0.29) is 11.7 Å². The van der Waals surface area contributed by atoms with Crippen LogP contribution in [0, 0.1) is 12.7 Å². The van der Waals surface area contributed by atoms with E-state index in [1.54, 1.807) is 12.1 Å². The number of carbonyl (C=O) groups excluding carboxylic acids is 1. The van der Waals surface area contributed by atoms with Gasteiger partial charge in [-0.2, -0.15) is 4.37 Å². The highest BCUT2D eigenvalue weighted by atomic mass is 32.1. The highest BCUT2D eigenvalue weighted by Crippen LogP contribution is 2.26. The number of benzene rings is 1. The molecule has 2 aromatic heterocycles. The average Bonchev–Trinajstić information content (AvgIpc) is 2.94. The molecular weight excluding hydrogens is 285 g/mol. The lowest BCUT2D eigenvalue weighted by molar-refractivity contribution is 0.102. The minimum Gasteiger partial charge on any atom is -0.296 e. The van der Waals surface area contributed by atoms with Crippen LogP contribution >= 0.6 is 22.9 Å². The molecule has 3 rings (SSSR count). The fourth-order valence-corrected chi connectivity index (χ4v) is 3.01. The lowest BCUT2D eigenvalue weighted by atomic mass is 10.3. The van der Waals surface area contributed by atoms with Crippen LogP contribution in [0.3, 0.4) is 0 Å². The summed E-state index contributed by atoms with van der Waals surface area (Å²) in [5.74, 6) is -0.618. The molecule has 1 amide bonds. The van der Waals surface area contributed by atoms with Crippen LogP contribution in [0.15, 0.2) is 24.3 Å². The Kier molecular flexibility index (Phi) is 3.00. The van der Waals surface area contributed by atoms with Crippen molar-refractivity contribution >= 4 is 44.1 Å². The molecule has 2 heterocycles. The molecule has 1 aromatic carbocycles. The number of aromatic nitrogens is 2. The Labute approximate surface area is 116 Å². The largest absolute Gasteiger partial charge is 0.296 e. The number of fused-ring (bicyclic) bond motifs is 1. The summed E-state index contributed by atoms with van der Waals surface area (Å²) in [7, 11) is 0. The first-order chi connectivity index (χ1) is 9.11. The molecule has 3 aromatic rings. The van der Waals surface area contributed by atoms with Gasteiger partial charge in [0, 0.05) is 4.88 Å². The summed E-state index contributed by atoms with van der Waals surface area (Å²) in [4.78, 5) is 17.1. The molecule has 0 saturated carbocycles. The van der Waals surface area contributed by atoms with E-state index in [4.69, 9.17) is 0 Å². The van der Waals surface area contributed by atoms with Crippen molar-refractivity contribution < 1.29 is 9.18 Å². The van der Waals surface area contributed by atoms with Crippen molar-refractivity contribution in [1.82, 2.24) is 9.36 Å². The Balaban J connectivity index is 1.87. The van der Waals surface area contributed by atoms with Crippen LogP contribution in [0.25, 0.3) is 10.2 Å². The number of nitrogens with one attached hydrogen (secondary N) is 1. The van der Waals surface area contributed by atoms with Gasteiger partial charge in [-0.25, -0.2) is 9.37 Å². The number of thiazole rings is 1. The third-order valence-corrected chi connectivity index (χ3v) is 4.06. The van der Waals surface area contributed by atoms with E-state index in [9.17, 15) is 9.18 Å². The maximum Gasteiger partial charge on any atom is 0.277 e. The predicted octanol–water partition coefficient (Wildman–Crippen LogP) is 3.45. The fourth-order valence-electron chi connectivity index (χ4n) is 1.59. The Morgan fingerprint density at radius 3 is 2.95 bits per heavy atom. The number of amides is 1. The molecule has 7 heteroatoms. The summed E-state index contributed by atoms with van der Waals surface area (Å²) >= 11 is 2.51. The molecule has 19 heavy (non-hydrogen) atoms. The zero-order chi connectivity index (χ0) is 13.4. The SMILES string of the molecule is Cc1cc(C(=O)Nc2nc3ccc(F)cc3s2)ns1. The number of hydrogen-bond acceptors (Lipinski definition) is 5. The van der Waals surface area contributed by atoms with E-state index in [2.05, 4.69) is 14.7 Å². The van der Waals surface area contributed by atoms with Gasteiger partial charge in [0.05, 0.1) is 10.2 Å². The summed E-state index contributed by atoms with van der Waals surface area (Å²) in [5.41, 5.74) is 1.03. The Bertz CT molecular complexity index is 765. The van der Waals surface area contributed by atoms with Gasteiger partial charge in [0.15, 0.2) is 5.13 Å². The number of halogens is 1. The Morgan fingerprint density at radius 2 is 2.21 bits per heavy atom. The van der Waals surface area contributed by atoms with Crippen LogP contribution in [-0.4, -0.2) is 15.3 Å². The number of nitrogens with zero attached hydrogens (tertiary/aromatic N) is 2. The number of rotatable bonds is 2. The van der Waals surface area contributed by atoms with E-state index in [0.29, 0.717) is 21.0 Å². The first-order valence-corrected chi connectivity index (χ1v) is 7.01. The zero-order valence-corrected chi connectivity index (χ0v) is 11.4. The minimum absolute atomic E-state index is 0.302. The average molecular weight is 293 g/mol. The van der Waals surface area contributed by atoms with Crippen molar-refractivity contribution in [3.05, 3.63) is 40.7 Å². The van der Waals surface area contributed by atoms with Gasteiger partial charge >= 0.3 is 0 Å². The molecule has 0 aliphatic heterocycles. The molecule has 96 valence electrons. The standard InChI is InChI=1S/C12H8FN3OS2/c1-6-4-9(16-19-6)11(17)15-12-14-8-3-2-7(13)5-10(8)18-12/h2-5H,1H3,(H,14,15,17). The molecule has 0 fully saturated rings. The summed E-state index contributed by atoms with van der Waals surface area (Å²) in [6.07, 6.45) is 0. The molecule has 1 N–H and O–H groups in total. The molecule has 0 saturated heterocycles. The third-order valence-electron chi connectivity index (χ3n) is 2.43. The topological polar surface area (TPSA) is 54.9 Å². The maximum absolute atomic E-state index is 13.1. The molecule has 0 aliphatic rings. The van der Waals surface area contributed by atoms with Gasteiger partial charge in [-0.15, -0.1) is 0 Å².